The molecule has 0 N–H and O–H groups in total. The summed E-state index contributed by atoms with van der Waals surface area (Å²) in [4.78, 5) is 19.8. The average Bonchev–Trinajstić information content (AvgIpc) is 3.36. The molecule has 5 heteroatoms. The van der Waals surface area contributed by atoms with Crippen LogP contribution in [-0.4, -0.2) is 28.6 Å². The van der Waals surface area contributed by atoms with Crippen molar-refractivity contribution in [3.8, 4) is 5.75 Å². The Balaban J connectivity index is 1.42. The third-order valence-corrected chi connectivity index (χ3v) is 6.46. The van der Waals surface area contributed by atoms with E-state index in [0.717, 1.165) is 45.0 Å². The number of para-hydroxylation sites is 3. The number of hydrogen-bond acceptors (Lipinski definition) is 3. The van der Waals surface area contributed by atoms with E-state index in [-0.39, 0.29) is 11.8 Å². The number of carbonyl (C=O) groups is 1. The van der Waals surface area contributed by atoms with Gasteiger partial charge in [-0.25, -0.2) is 4.98 Å². The van der Waals surface area contributed by atoms with Crippen molar-refractivity contribution in [2.75, 3.05) is 18.1 Å². The van der Waals surface area contributed by atoms with Crippen molar-refractivity contribution >= 4 is 22.6 Å². The van der Waals surface area contributed by atoms with E-state index in [0.29, 0.717) is 26.1 Å². The Morgan fingerprint density at radius 1 is 0.970 bits per heavy atom. The van der Waals surface area contributed by atoms with Gasteiger partial charge in [-0.15, -0.1) is 0 Å². The van der Waals surface area contributed by atoms with E-state index in [1.165, 1.54) is 0 Å². The lowest BCUT2D eigenvalue weighted by atomic mass is 10.1. The molecule has 1 aromatic heterocycles. The summed E-state index contributed by atoms with van der Waals surface area (Å²) in [5, 5.41) is 0. The van der Waals surface area contributed by atoms with Gasteiger partial charge in [0.1, 0.15) is 18.2 Å². The van der Waals surface area contributed by atoms with E-state index in [4.69, 9.17) is 9.72 Å². The van der Waals surface area contributed by atoms with Crippen LogP contribution in [0.25, 0.3) is 11.0 Å². The first-order valence-electron chi connectivity index (χ1n) is 11.5. The third-order valence-electron chi connectivity index (χ3n) is 6.46. The number of benzene rings is 3. The van der Waals surface area contributed by atoms with Gasteiger partial charge in [0, 0.05) is 24.6 Å². The highest BCUT2D eigenvalue weighted by molar-refractivity contribution is 5.96. The van der Waals surface area contributed by atoms with Crippen LogP contribution >= 0.6 is 0 Å². The Morgan fingerprint density at radius 2 is 1.73 bits per heavy atom. The lowest BCUT2D eigenvalue weighted by Crippen LogP contribution is -2.24. The maximum atomic E-state index is 12.9. The normalized spacial score (nSPS) is 16.0. The van der Waals surface area contributed by atoms with E-state index in [1.54, 1.807) is 0 Å². The predicted octanol–water partition coefficient (Wildman–Crippen LogP) is 5.56. The minimum Gasteiger partial charge on any atom is -0.491 e. The second-order valence-corrected chi connectivity index (χ2v) is 8.92. The van der Waals surface area contributed by atoms with Gasteiger partial charge in [0.2, 0.25) is 5.91 Å². The van der Waals surface area contributed by atoms with Gasteiger partial charge in [-0.2, -0.15) is 0 Å². The van der Waals surface area contributed by atoms with E-state index < -0.39 is 0 Å². The monoisotopic (exact) mass is 439 g/mol. The quantitative estimate of drug-likeness (QED) is 0.395. The molecule has 1 saturated heterocycles. The summed E-state index contributed by atoms with van der Waals surface area (Å²) < 4.78 is 8.44. The van der Waals surface area contributed by atoms with Gasteiger partial charge in [0.25, 0.3) is 0 Å². The summed E-state index contributed by atoms with van der Waals surface area (Å²) in [7, 11) is 0. The van der Waals surface area contributed by atoms with E-state index in [2.05, 4.69) is 61.7 Å². The molecule has 1 atom stereocenters. The van der Waals surface area contributed by atoms with Crippen LogP contribution in [0.3, 0.4) is 0 Å². The van der Waals surface area contributed by atoms with Crippen molar-refractivity contribution in [1.82, 2.24) is 9.55 Å². The molecule has 1 fully saturated rings. The Kier molecular flexibility index (Phi) is 5.63. The molecular formula is C28H29N3O2. The van der Waals surface area contributed by atoms with Gasteiger partial charge in [-0.05, 0) is 61.7 Å². The molecule has 0 radical (unpaired) electrons. The van der Waals surface area contributed by atoms with Crippen LogP contribution in [0, 0.1) is 20.8 Å². The molecule has 33 heavy (non-hydrogen) atoms. The summed E-state index contributed by atoms with van der Waals surface area (Å²) in [5.41, 5.74) is 6.44. The number of nitrogens with zero attached hydrogens (tertiary/aromatic N) is 3. The minimum atomic E-state index is 0.0469. The molecule has 168 valence electrons. The van der Waals surface area contributed by atoms with Gasteiger partial charge < -0.3 is 14.2 Å². The minimum absolute atomic E-state index is 0.0469. The lowest BCUT2D eigenvalue weighted by molar-refractivity contribution is -0.117. The first kappa shape index (κ1) is 21.3. The number of imidazole rings is 1. The van der Waals surface area contributed by atoms with Crippen molar-refractivity contribution in [2.24, 2.45) is 0 Å². The number of anilines is 1. The molecule has 2 heterocycles. The summed E-state index contributed by atoms with van der Waals surface area (Å²) in [6.45, 7) is 8.06. The smallest absolute Gasteiger partial charge is 0.227 e. The molecule has 1 aliphatic heterocycles. The standard InChI is InChI=1S/C28H29N3O2/c1-19-8-6-11-23(16-19)31-18-22(17-26(31)32)28-29-24-12-4-5-13-25(24)30(28)14-15-33-27-20(2)9-7-10-21(27)3/h4-13,16,22H,14-15,17-18H2,1-3H3. The number of ether oxygens (including phenoxy) is 1. The summed E-state index contributed by atoms with van der Waals surface area (Å²) in [6, 6.07) is 22.5. The van der Waals surface area contributed by atoms with Crippen LogP contribution in [-0.2, 0) is 11.3 Å². The fourth-order valence-electron chi connectivity index (χ4n) is 4.83. The molecule has 0 aliphatic carbocycles. The average molecular weight is 440 g/mol. The maximum absolute atomic E-state index is 12.9. The molecule has 0 spiro atoms. The van der Waals surface area contributed by atoms with Crippen molar-refractivity contribution in [3.63, 3.8) is 0 Å². The maximum Gasteiger partial charge on any atom is 0.227 e. The Labute approximate surface area is 194 Å². The van der Waals surface area contributed by atoms with Gasteiger partial charge in [0.05, 0.1) is 17.6 Å². The van der Waals surface area contributed by atoms with E-state index in [9.17, 15) is 4.79 Å². The van der Waals surface area contributed by atoms with E-state index >= 15 is 0 Å². The number of carbonyl (C=O) groups excluding carboxylic acids is 1. The highest BCUT2D eigenvalue weighted by Gasteiger charge is 2.34. The number of fused-ring (bicyclic) bond motifs is 1. The van der Waals surface area contributed by atoms with Crippen molar-refractivity contribution in [2.45, 2.75) is 39.7 Å². The van der Waals surface area contributed by atoms with Gasteiger partial charge in [0.15, 0.2) is 0 Å². The van der Waals surface area contributed by atoms with Crippen molar-refractivity contribution < 1.29 is 9.53 Å². The molecule has 1 aliphatic rings. The molecule has 5 nitrogen and oxygen atoms in total. The van der Waals surface area contributed by atoms with E-state index in [1.807, 2.05) is 35.2 Å². The fourth-order valence-corrected chi connectivity index (χ4v) is 4.83. The topological polar surface area (TPSA) is 47.4 Å². The Bertz CT molecular complexity index is 1300. The van der Waals surface area contributed by atoms with Crippen LogP contribution < -0.4 is 9.64 Å². The van der Waals surface area contributed by atoms with Gasteiger partial charge >= 0.3 is 0 Å². The van der Waals surface area contributed by atoms with Crippen LogP contribution in [0.15, 0.2) is 66.7 Å². The molecule has 1 amide bonds. The highest BCUT2D eigenvalue weighted by Crippen LogP contribution is 2.33. The van der Waals surface area contributed by atoms with Crippen LogP contribution in [0.2, 0.25) is 0 Å². The first-order chi connectivity index (χ1) is 16.0. The van der Waals surface area contributed by atoms with Crippen LogP contribution in [0.1, 0.15) is 34.9 Å². The lowest BCUT2D eigenvalue weighted by Gasteiger charge is -2.18. The number of amides is 1. The van der Waals surface area contributed by atoms with Gasteiger partial charge in [-0.1, -0.05) is 42.5 Å². The second-order valence-electron chi connectivity index (χ2n) is 8.92. The summed E-state index contributed by atoms with van der Waals surface area (Å²) in [5.74, 6) is 2.11. The molecule has 1 unspecified atom stereocenters. The molecule has 0 bridgehead atoms. The molecular weight excluding hydrogens is 410 g/mol. The molecule has 0 saturated carbocycles. The Morgan fingerprint density at radius 3 is 2.52 bits per heavy atom. The highest BCUT2D eigenvalue weighted by atomic mass is 16.5. The van der Waals surface area contributed by atoms with Gasteiger partial charge in [-0.3, -0.25) is 4.79 Å². The number of rotatable bonds is 6. The molecule has 4 aromatic rings. The summed E-state index contributed by atoms with van der Waals surface area (Å²) >= 11 is 0. The zero-order valence-corrected chi connectivity index (χ0v) is 19.4. The zero-order valence-electron chi connectivity index (χ0n) is 19.4. The first-order valence-corrected chi connectivity index (χ1v) is 11.5. The SMILES string of the molecule is Cc1cccc(N2CC(c3nc4ccccc4n3CCOc3c(C)cccc3C)CC2=O)c1. The molecule has 5 rings (SSSR count). The zero-order chi connectivity index (χ0) is 22.9. The number of aryl methyl sites for hydroxylation is 3. The summed E-state index contributed by atoms with van der Waals surface area (Å²) in [6.07, 6.45) is 0.467. The molecule has 3 aromatic carbocycles. The predicted molar refractivity (Wildman–Crippen MR) is 132 cm³/mol. The largest absolute Gasteiger partial charge is 0.491 e. The van der Waals surface area contributed by atoms with Crippen molar-refractivity contribution in [1.29, 1.82) is 0 Å². The van der Waals surface area contributed by atoms with Crippen LogP contribution in [0.4, 0.5) is 5.69 Å². The fraction of sp³-hybridized carbons (Fsp3) is 0.286. The number of aromatic nitrogens is 2. The Hall–Kier alpha value is -3.60. The number of hydrogen-bond donors (Lipinski definition) is 0. The second kappa shape index (κ2) is 8.74. The van der Waals surface area contributed by atoms with Crippen LogP contribution in [0.5, 0.6) is 5.75 Å². The van der Waals surface area contributed by atoms with Crippen molar-refractivity contribution in [3.05, 3.63) is 89.2 Å². The third kappa shape index (κ3) is 4.11.